The summed E-state index contributed by atoms with van der Waals surface area (Å²) < 4.78 is 1.11. The van der Waals surface area contributed by atoms with Crippen LogP contribution in [0.15, 0.2) is 24.3 Å². The molecule has 1 saturated carbocycles. The molecular formula is C16H17NO3S. The lowest BCUT2D eigenvalue weighted by Gasteiger charge is -2.11. The summed E-state index contributed by atoms with van der Waals surface area (Å²) in [5, 5.41) is 13.1. The molecular weight excluding hydrogens is 286 g/mol. The second-order valence-electron chi connectivity index (χ2n) is 5.57. The third-order valence-electron chi connectivity index (χ3n) is 4.17. The SMILES string of the molecule is Cc1c(C(=O)N[C@H]2CC[C@@H](C(=O)O)C2)sc2ccccc12. The van der Waals surface area contributed by atoms with Gasteiger partial charge < -0.3 is 10.4 Å². The second-order valence-corrected chi connectivity index (χ2v) is 6.62. The molecule has 1 aliphatic rings. The van der Waals surface area contributed by atoms with E-state index in [2.05, 4.69) is 5.32 Å². The van der Waals surface area contributed by atoms with E-state index in [1.165, 1.54) is 11.3 Å². The van der Waals surface area contributed by atoms with Crippen molar-refractivity contribution in [2.45, 2.75) is 32.2 Å². The Kier molecular flexibility index (Phi) is 3.68. The van der Waals surface area contributed by atoms with Gasteiger partial charge in [-0.05, 0) is 43.2 Å². The number of aryl methyl sites for hydroxylation is 1. The third kappa shape index (κ3) is 2.65. The van der Waals surface area contributed by atoms with Gasteiger partial charge in [0.2, 0.25) is 0 Å². The van der Waals surface area contributed by atoms with E-state index in [0.717, 1.165) is 26.9 Å². The summed E-state index contributed by atoms with van der Waals surface area (Å²) in [4.78, 5) is 24.1. The van der Waals surface area contributed by atoms with Gasteiger partial charge in [-0.25, -0.2) is 0 Å². The second kappa shape index (κ2) is 5.48. The van der Waals surface area contributed by atoms with Crippen LogP contribution < -0.4 is 5.32 Å². The zero-order chi connectivity index (χ0) is 15.0. The number of hydrogen-bond acceptors (Lipinski definition) is 3. The van der Waals surface area contributed by atoms with Crippen LogP contribution in [-0.4, -0.2) is 23.0 Å². The van der Waals surface area contributed by atoms with Crippen LogP contribution in [0.5, 0.6) is 0 Å². The monoisotopic (exact) mass is 303 g/mol. The van der Waals surface area contributed by atoms with Crippen molar-refractivity contribution < 1.29 is 14.7 Å². The fourth-order valence-electron chi connectivity index (χ4n) is 2.98. The van der Waals surface area contributed by atoms with Crippen LogP contribution in [0.4, 0.5) is 0 Å². The molecule has 2 aromatic rings. The molecule has 1 aliphatic carbocycles. The quantitative estimate of drug-likeness (QED) is 0.915. The number of thiophene rings is 1. The molecule has 110 valence electrons. The van der Waals surface area contributed by atoms with Crippen molar-refractivity contribution in [3.8, 4) is 0 Å². The number of carboxylic acid groups (broad SMARTS) is 1. The van der Waals surface area contributed by atoms with Crippen LogP contribution in [0.2, 0.25) is 0 Å². The lowest BCUT2D eigenvalue weighted by molar-refractivity contribution is -0.141. The standard InChI is InChI=1S/C16H17NO3S/c1-9-12-4-2-3-5-13(12)21-14(9)15(18)17-11-7-6-10(8-11)16(19)20/h2-5,10-11H,6-8H2,1H3,(H,17,18)(H,19,20)/t10-,11+/m1/s1. The highest BCUT2D eigenvalue weighted by atomic mass is 32.1. The molecule has 1 fully saturated rings. The molecule has 0 spiro atoms. The Morgan fingerprint density at radius 3 is 2.71 bits per heavy atom. The van der Waals surface area contributed by atoms with E-state index in [9.17, 15) is 9.59 Å². The molecule has 0 aliphatic heterocycles. The number of fused-ring (bicyclic) bond motifs is 1. The summed E-state index contributed by atoms with van der Waals surface area (Å²) in [6.07, 6.45) is 1.92. The fraction of sp³-hybridized carbons (Fsp3) is 0.375. The molecule has 5 heteroatoms. The Labute approximate surface area is 126 Å². The van der Waals surface area contributed by atoms with Gasteiger partial charge in [-0.1, -0.05) is 18.2 Å². The average molecular weight is 303 g/mol. The molecule has 1 aromatic carbocycles. The van der Waals surface area contributed by atoms with E-state index in [1.54, 1.807) is 0 Å². The van der Waals surface area contributed by atoms with Crippen molar-refractivity contribution in [2.75, 3.05) is 0 Å². The Hall–Kier alpha value is -1.88. The van der Waals surface area contributed by atoms with E-state index < -0.39 is 5.97 Å². The minimum Gasteiger partial charge on any atom is -0.481 e. The first-order chi connectivity index (χ1) is 10.1. The average Bonchev–Trinajstić information content (AvgIpc) is 3.05. The van der Waals surface area contributed by atoms with Gasteiger partial charge >= 0.3 is 5.97 Å². The van der Waals surface area contributed by atoms with Gasteiger partial charge in [0.15, 0.2) is 0 Å². The first kappa shape index (κ1) is 14.1. The van der Waals surface area contributed by atoms with Crippen LogP contribution >= 0.6 is 11.3 Å². The Bertz CT molecular complexity index is 707. The van der Waals surface area contributed by atoms with Crippen LogP contribution in [0.3, 0.4) is 0 Å². The fourth-order valence-corrected chi connectivity index (χ4v) is 4.09. The van der Waals surface area contributed by atoms with Gasteiger partial charge in [-0.3, -0.25) is 9.59 Å². The molecule has 1 amide bonds. The highest BCUT2D eigenvalue weighted by molar-refractivity contribution is 7.21. The summed E-state index contributed by atoms with van der Waals surface area (Å²) in [6.45, 7) is 1.96. The van der Waals surface area contributed by atoms with Gasteiger partial charge in [-0.2, -0.15) is 0 Å². The van der Waals surface area contributed by atoms with E-state index in [0.29, 0.717) is 12.8 Å². The molecule has 4 nitrogen and oxygen atoms in total. The minimum absolute atomic E-state index is 0.0248. The molecule has 0 bridgehead atoms. The Balaban J connectivity index is 1.76. The third-order valence-corrected chi connectivity index (χ3v) is 5.44. The van der Waals surface area contributed by atoms with E-state index in [1.807, 2.05) is 31.2 Å². The van der Waals surface area contributed by atoms with Crippen molar-refractivity contribution in [1.29, 1.82) is 0 Å². The highest BCUT2D eigenvalue weighted by Gasteiger charge is 2.31. The lowest BCUT2D eigenvalue weighted by atomic mass is 10.1. The number of benzene rings is 1. The van der Waals surface area contributed by atoms with Crippen LogP contribution in [0.25, 0.3) is 10.1 Å². The summed E-state index contributed by atoms with van der Waals surface area (Å²) in [7, 11) is 0. The smallest absolute Gasteiger partial charge is 0.306 e. The van der Waals surface area contributed by atoms with Crippen molar-refractivity contribution in [2.24, 2.45) is 5.92 Å². The normalized spacial score (nSPS) is 21.6. The van der Waals surface area contributed by atoms with Gasteiger partial charge in [-0.15, -0.1) is 11.3 Å². The van der Waals surface area contributed by atoms with Gasteiger partial charge in [0.1, 0.15) is 0 Å². The number of rotatable bonds is 3. The summed E-state index contributed by atoms with van der Waals surface area (Å²) in [5.74, 6) is -1.16. The Morgan fingerprint density at radius 1 is 1.29 bits per heavy atom. The number of amides is 1. The predicted octanol–water partition coefficient (Wildman–Crippen LogP) is 3.19. The zero-order valence-electron chi connectivity index (χ0n) is 11.8. The lowest BCUT2D eigenvalue weighted by Crippen LogP contribution is -2.33. The molecule has 1 aromatic heterocycles. The van der Waals surface area contributed by atoms with Crippen LogP contribution in [0.1, 0.15) is 34.5 Å². The van der Waals surface area contributed by atoms with E-state index >= 15 is 0 Å². The highest BCUT2D eigenvalue weighted by Crippen LogP contribution is 2.31. The topological polar surface area (TPSA) is 66.4 Å². The Morgan fingerprint density at radius 2 is 2.05 bits per heavy atom. The van der Waals surface area contributed by atoms with Gasteiger partial charge in [0.05, 0.1) is 10.8 Å². The molecule has 3 rings (SSSR count). The molecule has 0 radical (unpaired) electrons. The van der Waals surface area contributed by atoms with Crippen molar-refractivity contribution >= 4 is 33.3 Å². The molecule has 2 N–H and O–H groups in total. The predicted molar refractivity (Wildman–Crippen MR) is 82.8 cm³/mol. The number of carbonyl (C=O) groups is 2. The van der Waals surface area contributed by atoms with E-state index in [-0.39, 0.29) is 17.9 Å². The maximum atomic E-state index is 12.4. The van der Waals surface area contributed by atoms with Gasteiger partial charge in [0, 0.05) is 10.7 Å². The summed E-state index contributed by atoms with van der Waals surface area (Å²) >= 11 is 1.49. The van der Waals surface area contributed by atoms with Crippen LogP contribution in [-0.2, 0) is 4.79 Å². The summed E-state index contributed by atoms with van der Waals surface area (Å²) in [5.41, 5.74) is 1.00. The van der Waals surface area contributed by atoms with Crippen LogP contribution in [0, 0.1) is 12.8 Å². The largest absolute Gasteiger partial charge is 0.481 e. The van der Waals surface area contributed by atoms with Gasteiger partial charge in [0.25, 0.3) is 5.91 Å². The van der Waals surface area contributed by atoms with Crippen molar-refractivity contribution in [3.63, 3.8) is 0 Å². The first-order valence-electron chi connectivity index (χ1n) is 7.08. The molecule has 21 heavy (non-hydrogen) atoms. The number of aliphatic carboxylic acids is 1. The van der Waals surface area contributed by atoms with Crippen molar-refractivity contribution in [1.82, 2.24) is 5.32 Å². The zero-order valence-corrected chi connectivity index (χ0v) is 12.6. The van der Waals surface area contributed by atoms with E-state index in [4.69, 9.17) is 5.11 Å². The number of carboxylic acids is 1. The summed E-state index contributed by atoms with van der Waals surface area (Å²) in [6, 6.07) is 7.95. The minimum atomic E-state index is -0.759. The molecule has 0 unspecified atom stereocenters. The molecule has 0 saturated heterocycles. The van der Waals surface area contributed by atoms with Crippen molar-refractivity contribution in [3.05, 3.63) is 34.7 Å². The molecule has 1 heterocycles. The molecule has 2 atom stereocenters. The first-order valence-corrected chi connectivity index (χ1v) is 7.89. The maximum Gasteiger partial charge on any atom is 0.306 e. The number of hydrogen-bond donors (Lipinski definition) is 2. The maximum absolute atomic E-state index is 12.4. The number of nitrogens with one attached hydrogen (secondary N) is 1. The number of carbonyl (C=O) groups excluding carboxylic acids is 1.